The highest BCUT2D eigenvalue weighted by atomic mass is 79.9. The second-order valence-corrected chi connectivity index (χ2v) is 9.29. The number of halogens is 2. The molecular formula is C27H24BrFN4O3. The number of carbonyl (C=O) groups is 3. The maximum atomic E-state index is 14.8. The van der Waals surface area contributed by atoms with Crippen molar-refractivity contribution >= 4 is 45.1 Å². The topological polar surface area (TPSA) is 90.9 Å². The second kappa shape index (κ2) is 10.8. The summed E-state index contributed by atoms with van der Waals surface area (Å²) in [5.41, 5.74) is 2.29. The Hall–Kier alpha value is -3.85. The third kappa shape index (κ3) is 5.52. The van der Waals surface area contributed by atoms with Gasteiger partial charge in [0.15, 0.2) is 0 Å². The van der Waals surface area contributed by atoms with Crippen LogP contribution in [0.1, 0.15) is 23.6 Å². The standard InChI is InChI=1S/C27H24BrFN4O3/c1-16(30-23(34)14-17-8-4-3-5-9-17)26(35)32-25-27(36)33(2)22-13-12-18(28)15-20(22)24(31-25)19-10-6-7-11-21(19)29/h3-13,15-16,25H,14H2,1-2H3,(H,30,34)(H,32,35)/t16-,25?/m0/s1. The van der Waals surface area contributed by atoms with Crippen molar-refractivity contribution < 1.29 is 18.8 Å². The van der Waals surface area contributed by atoms with Crippen LogP contribution in [0, 0.1) is 5.82 Å². The van der Waals surface area contributed by atoms with Gasteiger partial charge in [-0.2, -0.15) is 0 Å². The number of likely N-dealkylation sites (N-methyl/N-ethyl adjacent to an activating group) is 1. The molecule has 1 unspecified atom stereocenters. The first kappa shape index (κ1) is 25.2. The lowest BCUT2D eigenvalue weighted by Crippen LogP contribution is -2.52. The van der Waals surface area contributed by atoms with E-state index in [-0.39, 0.29) is 23.6 Å². The van der Waals surface area contributed by atoms with Crippen LogP contribution in [0.4, 0.5) is 10.1 Å². The number of rotatable bonds is 6. The molecule has 184 valence electrons. The fourth-order valence-electron chi connectivity index (χ4n) is 3.91. The molecule has 0 aliphatic carbocycles. The van der Waals surface area contributed by atoms with E-state index in [1.165, 1.54) is 17.9 Å². The van der Waals surface area contributed by atoms with Crippen LogP contribution in [0.3, 0.4) is 0 Å². The van der Waals surface area contributed by atoms with Crippen LogP contribution in [0.2, 0.25) is 0 Å². The van der Waals surface area contributed by atoms with Gasteiger partial charge in [-0.3, -0.25) is 14.4 Å². The molecule has 0 spiro atoms. The SMILES string of the molecule is C[C@H](NC(=O)Cc1ccccc1)C(=O)NC1N=C(c2ccccc2F)c2cc(Br)ccc2N(C)C1=O. The summed E-state index contributed by atoms with van der Waals surface area (Å²) in [5.74, 6) is -1.93. The molecule has 0 radical (unpaired) electrons. The normalized spacial score (nSPS) is 15.9. The lowest BCUT2D eigenvalue weighted by molar-refractivity contribution is -0.130. The number of hydrogen-bond donors (Lipinski definition) is 2. The first-order chi connectivity index (χ1) is 17.2. The molecule has 0 fully saturated rings. The van der Waals surface area contributed by atoms with Crippen LogP contribution >= 0.6 is 15.9 Å². The minimum atomic E-state index is -1.32. The number of carbonyl (C=O) groups excluding carboxylic acids is 3. The van der Waals surface area contributed by atoms with Crippen molar-refractivity contribution in [3.63, 3.8) is 0 Å². The molecule has 2 N–H and O–H groups in total. The van der Waals surface area contributed by atoms with Gasteiger partial charge >= 0.3 is 0 Å². The summed E-state index contributed by atoms with van der Waals surface area (Å²) in [6, 6.07) is 19.6. The zero-order chi connectivity index (χ0) is 25.8. The zero-order valence-electron chi connectivity index (χ0n) is 19.7. The quantitative estimate of drug-likeness (QED) is 0.491. The Kier molecular flexibility index (Phi) is 7.59. The van der Waals surface area contributed by atoms with Gasteiger partial charge in [-0.1, -0.05) is 58.4 Å². The number of fused-ring (bicyclic) bond motifs is 1. The molecule has 0 aromatic heterocycles. The van der Waals surface area contributed by atoms with E-state index in [2.05, 4.69) is 31.6 Å². The number of nitrogens with zero attached hydrogens (tertiary/aromatic N) is 2. The fourth-order valence-corrected chi connectivity index (χ4v) is 4.27. The summed E-state index contributed by atoms with van der Waals surface area (Å²) >= 11 is 3.43. The molecule has 1 heterocycles. The maximum absolute atomic E-state index is 14.8. The molecule has 36 heavy (non-hydrogen) atoms. The van der Waals surface area contributed by atoms with Gasteiger partial charge in [0.25, 0.3) is 5.91 Å². The molecule has 0 bridgehead atoms. The Morgan fingerprint density at radius 2 is 1.75 bits per heavy atom. The van der Waals surface area contributed by atoms with Gasteiger partial charge in [0.1, 0.15) is 11.9 Å². The number of hydrogen-bond acceptors (Lipinski definition) is 4. The van der Waals surface area contributed by atoms with Crippen molar-refractivity contribution in [2.24, 2.45) is 4.99 Å². The second-order valence-electron chi connectivity index (χ2n) is 8.38. The van der Waals surface area contributed by atoms with Crippen LogP contribution in [-0.4, -0.2) is 42.7 Å². The third-order valence-electron chi connectivity index (χ3n) is 5.78. The number of aliphatic imine (C=N–C) groups is 1. The highest BCUT2D eigenvalue weighted by Gasteiger charge is 2.33. The van der Waals surface area contributed by atoms with Crippen LogP contribution in [-0.2, 0) is 20.8 Å². The minimum Gasteiger partial charge on any atom is -0.344 e. The van der Waals surface area contributed by atoms with E-state index in [0.717, 1.165) is 10.0 Å². The van der Waals surface area contributed by atoms with E-state index < -0.39 is 29.8 Å². The molecule has 7 nitrogen and oxygen atoms in total. The highest BCUT2D eigenvalue weighted by Crippen LogP contribution is 2.30. The van der Waals surface area contributed by atoms with Gasteiger partial charge < -0.3 is 15.5 Å². The van der Waals surface area contributed by atoms with Gasteiger partial charge in [-0.25, -0.2) is 9.38 Å². The van der Waals surface area contributed by atoms with Crippen molar-refractivity contribution in [2.45, 2.75) is 25.6 Å². The Bertz CT molecular complexity index is 1350. The molecule has 9 heteroatoms. The van der Waals surface area contributed by atoms with Crippen LogP contribution < -0.4 is 15.5 Å². The molecule has 4 rings (SSSR count). The average Bonchev–Trinajstić information content (AvgIpc) is 2.95. The molecular weight excluding hydrogens is 527 g/mol. The average molecular weight is 551 g/mol. The Morgan fingerprint density at radius 1 is 1.06 bits per heavy atom. The van der Waals surface area contributed by atoms with Crippen molar-refractivity contribution in [1.82, 2.24) is 10.6 Å². The highest BCUT2D eigenvalue weighted by molar-refractivity contribution is 9.10. The summed E-state index contributed by atoms with van der Waals surface area (Å²) < 4.78 is 15.5. The lowest BCUT2D eigenvalue weighted by Gasteiger charge is -2.22. The van der Waals surface area contributed by atoms with Gasteiger partial charge in [-0.05, 0) is 42.8 Å². The number of benzene rings is 3. The summed E-state index contributed by atoms with van der Waals surface area (Å²) in [5, 5.41) is 5.26. The third-order valence-corrected chi connectivity index (χ3v) is 6.28. The van der Waals surface area contributed by atoms with E-state index in [9.17, 15) is 18.8 Å². The van der Waals surface area contributed by atoms with Crippen molar-refractivity contribution in [3.8, 4) is 0 Å². The number of benzodiazepines with no additional fused rings is 1. The maximum Gasteiger partial charge on any atom is 0.272 e. The molecule has 0 saturated heterocycles. The summed E-state index contributed by atoms with van der Waals surface area (Å²) in [6.45, 7) is 1.52. The zero-order valence-corrected chi connectivity index (χ0v) is 21.3. The Balaban J connectivity index is 1.61. The van der Waals surface area contributed by atoms with Gasteiger partial charge in [0.2, 0.25) is 18.0 Å². The van der Waals surface area contributed by atoms with Gasteiger partial charge in [0.05, 0.1) is 17.8 Å². The number of amides is 3. The number of nitrogens with one attached hydrogen (secondary N) is 2. The van der Waals surface area contributed by atoms with Crippen molar-refractivity contribution in [3.05, 3.63) is 99.8 Å². The van der Waals surface area contributed by atoms with E-state index in [0.29, 0.717) is 11.3 Å². The first-order valence-corrected chi connectivity index (χ1v) is 12.1. The lowest BCUT2D eigenvalue weighted by atomic mass is 10.00. The molecule has 3 aromatic rings. The smallest absolute Gasteiger partial charge is 0.272 e. The first-order valence-electron chi connectivity index (χ1n) is 11.3. The number of anilines is 1. The minimum absolute atomic E-state index is 0.114. The van der Waals surface area contributed by atoms with Crippen molar-refractivity contribution in [1.29, 1.82) is 0 Å². The van der Waals surface area contributed by atoms with Crippen LogP contribution in [0.5, 0.6) is 0 Å². The van der Waals surface area contributed by atoms with E-state index in [1.807, 2.05) is 30.3 Å². The monoisotopic (exact) mass is 550 g/mol. The molecule has 1 aliphatic rings. The Morgan fingerprint density at radius 3 is 2.47 bits per heavy atom. The predicted octanol–water partition coefficient (Wildman–Crippen LogP) is 3.59. The van der Waals surface area contributed by atoms with E-state index >= 15 is 0 Å². The van der Waals surface area contributed by atoms with Crippen LogP contribution in [0.25, 0.3) is 0 Å². The fraction of sp³-hybridized carbons (Fsp3) is 0.185. The van der Waals surface area contributed by atoms with Crippen molar-refractivity contribution in [2.75, 3.05) is 11.9 Å². The Labute approximate surface area is 216 Å². The summed E-state index contributed by atoms with van der Waals surface area (Å²) in [7, 11) is 1.57. The molecule has 3 aromatic carbocycles. The molecule has 2 atom stereocenters. The molecule has 3 amide bonds. The van der Waals surface area contributed by atoms with Crippen LogP contribution in [0.15, 0.2) is 82.3 Å². The molecule has 0 saturated carbocycles. The van der Waals surface area contributed by atoms with E-state index in [1.54, 1.807) is 43.4 Å². The predicted molar refractivity (Wildman–Crippen MR) is 139 cm³/mol. The largest absolute Gasteiger partial charge is 0.344 e. The van der Waals surface area contributed by atoms with Gasteiger partial charge in [0, 0.05) is 22.6 Å². The van der Waals surface area contributed by atoms with Gasteiger partial charge in [-0.15, -0.1) is 0 Å². The molecule has 1 aliphatic heterocycles. The summed E-state index contributed by atoms with van der Waals surface area (Å²) in [4.78, 5) is 44.5. The summed E-state index contributed by atoms with van der Waals surface area (Å²) in [6.07, 6.45) is -1.21. The van der Waals surface area contributed by atoms with E-state index in [4.69, 9.17) is 0 Å².